The average Bonchev–Trinajstić information content (AvgIpc) is 3.25. The Labute approximate surface area is 192 Å². The third kappa shape index (κ3) is 4.65. The van der Waals surface area contributed by atoms with Crippen LogP contribution in [0.25, 0.3) is 0 Å². The minimum Gasteiger partial charge on any atom is -0.378 e. The molecule has 0 amide bonds. The Morgan fingerprint density at radius 3 is 2.33 bits per heavy atom. The second-order valence-electron chi connectivity index (χ2n) is 10.2. The van der Waals surface area contributed by atoms with Crippen molar-refractivity contribution in [1.29, 1.82) is 0 Å². The van der Waals surface area contributed by atoms with Crippen LogP contribution in [0, 0.1) is 17.3 Å². The highest BCUT2D eigenvalue weighted by molar-refractivity contribution is 6.12. The van der Waals surface area contributed by atoms with Crippen LogP contribution in [0.1, 0.15) is 68.3 Å². The summed E-state index contributed by atoms with van der Waals surface area (Å²) in [7, 11) is 1.54. The van der Waals surface area contributed by atoms with Crippen molar-refractivity contribution in [3.05, 3.63) is 57.9 Å². The van der Waals surface area contributed by atoms with Crippen molar-refractivity contribution < 1.29 is 27.5 Å². The molecule has 4 nitrogen and oxygen atoms in total. The molecule has 1 aromatic rings. The summed E-state index contributed by atoms with van der Waals surface area (Å²) in [6.45, 7) is 4.28. The molecule has 7 heteroatoms. The van der Waals surface area contributed by atoms with E-state index >= 15 is 0 Å². The van der Waals surface area contributed by atoms with Crippen molar-refractivity contribution >= 4 is 11.6 Å². The molecule has 1 unspecified atom stereocenters. The largest absolute Gasteiger partial charge is 0.416 e. The molecule has 33 heavy (non-hydrogen) atoms. The minimum atomic E-state index is -4.47. The Bertz CT molecular complexity index is 1010. The zero-order valence-electron chi connectivity index (χ0n) is 19.3. The zero-order chi connectivity index (χ0) is 24.0. The van der Waals surface area contributed by atoms with Gasteiger partial charge < -0.3 is 10.1 Å². The van der Waals surface area contributed by atoms with Crippen LogP contribution in [0.2, 0.25) is 0 Å². The summed E-state index contributed by atoms with van der Waals surface area (Å²) < 4.78 is 44.5. The van der Waals surface area contributed by atoms with Crippen molar-refractivity contribution in [2.24, 2.45) is 17.3 Å². The number of carbonyl (C=O) groups is 2. The Balaban J connectivity index is 1.81. The van der Waals surface area contributed by atoms with E-state index < -0.39 is 11.7 Å². The van der Waals surface area contributed by atoms with Gasteiger partial charge in [-0.3, -0.25) is 9.59 Å². The summed E-state index contributed by atoms with van der Waals surface area (Å²) in [4.78, 5) is 27.1. The maximum atomic E-state index is 13.8. The van der Waals surface area contributed by atoms with Gasteiger partial charge in [-0.25, -0.2) is 0 Å². The van der Waals surface area contributed by atoms with Gasteiger partial charge in [0.2, 0.25) is 0 Å². The maximum Gasteiger partial charge on any atom is 0.416 e. The molecule has 0 spiro atoms. The molecule has 0 aromatic heterocycles. The summed E-state index contributed by atoms with van der Waals surface area (Å²) >= 11 is 0. The van der Waals surface area contributed by atoms with Gasteiger partial charge in [0.15, 0.2) is 11.6 Å². The standard InChI is InChI=1S/C26H30F3NO3/c1-25(2)12-18-22(20(31)13-25)21(15-6-4-5-7-15)23(19(30-18)14-33-3)24(32)16-8-10-17(11-9-16)26(27,28)29/h8-11,15,21,30H,4-7,12-14H2,1-3H3. The molecule has 3 aliphatic rings. The van der Waals surface area contributed by atoms with Gasteiger partial charge in [-0.1, -0.05) is 38.8 Å². The molecule has 1 atom stereocenters. The summed E-state index contributed by atoms with van der Waals surface area (Å²) in [6.07, 6.45) is 0.563. The van der Waals surface area contributed by atoms with Crippen molar-refractivity contribution in [2.45, 2.75) is 58.5 Å². The lowest BCUT2D eigenvalue weighted by Crippen LogP contribution is -2.42. The number of ketones is 2. The summed E-state index contributed by atoms with van der Waals surface area (Å²) in [5, 5.41) is 3.34. The number of carbonyl (C=O) groups excluding carboxylic acids is 2. The Kier molecular flexibility index (Phi) is 6.29. The molecule has 1 aromatic carbocycles. The zero-order valence-corrected chi connectivity index (χ0v) is 19.3. The van der Waals surface area contributed by atoms with E-state index in [4.69, 9.17) is 4.74 Å². The predicted octanol–water partition coefficient (Wildman–Crippen LogP) is 5.84. The molecule has 0 saturated heterocycles. The second kappa shape index (κ2) is 8.75. The lowest BCUT2D eigenvalue weighted by Gasteiger charge is -2.42. The van der Waals surface area contributed by atoms with E-state index in [9.17, 15) is 22.8 Å². The molecule has 1 heterocycles. The molecule has 2 aliphatic carbocycles. The van der Waals surface area contributed by atoms with E-state index in [0.29, 0.717) is 29.7 Å². The molecule has 1 fully saturated rings. The fraction of sp³-hybridized carbons (Fsp3) is 0.538. The lowest BCUT2D eigenvalue weighted by molar-refractivity contribution is -0.137. The van der Waals surface area contributed by atoms with E-state index in [2.05, 4.69) is 19.2 Å². The van der Waals surface area contributed by atoms with Crippen LogP contribution in [-0.4, -0.2) is 25.3 Å². The predicted molar refractivity (Wildman–Crippen MR) is 118 cm³/mol. The van der Waals surface area contributed by atoms with Crippen molar-refractivity contribution in [3.63, 3.8) is 0 Å². The van der Waals surface area contributed by atoms with Crippen LogP contribution in [0.15, 0.2) is 46.8 Å². The SMILES string of the molecule is COCC1=C(C(=O)c2ccc(C(F)(F)F)cc2)C(C2CCCC2)C2=C(CC(C)(C)CC2=O)N1. The number of methoxy groups -OCH3 is 1. The quantitative estimate of drug-likeness (QED) is 0.560. The number of hydrogen-bond donors (Lipinski definition) is 1. The fourth-order valence-corrected chi connectivity index (χ4v) is 5.65. The second-order valence-corrected chi connectivity index (χ2v) is 10.2. The number of alkyl halides is 3. The first-order valence-corrected chi connectivity index (χ1v) is 11.5. The smallest absolute Gasteiger partial charge is 0.378 e. The Hall–Kier alpha value is -2.41. The number of halogens is 3. The van der Waals surface area contributed by atoms with Crippen LogP contribution in [0.5, 0.6) is 0 Å². The highest BCUT2D eigenvalue weighted by Crippen LogP contribution is 2.49. The molecule has 1 saturated carbocycles. The van der Waals surface area contributed by atoms with Crippen molar-refractivity contribution in [3.8, 4) is 0 Å². The number of hydrogen-bond acceptors (Lipinski definition) is 4. The molecule has 0 radical (unpaired) electrons. The van der Waals surface area contributed by atoms with Gasteiger partial charge in [0.05, 0.1) is 12.2 Å². The Morgan fingerprint density at radius 1 is 1.12 bits per heavy atom. The highest BCUT2D eigenvalue weighted by atomic mass is 19.4. The number of Topliss-reactive ketones (excluding diaryl/α,β-unsaturated/α-hetero) is 2. The van der Waals surface area contributed by atoms with Gasteiger partial charge in [-0.2, -0.15) is 13.2 Å². The highest BCUT2D eigenvalue weighted by Gasteiger charge is 2.46. The van der Waals surface area contributed by atoms with Gasteiger partial charge in [0.25, 0.3) is 0 Å². The van der Waals surface area contributed by atoms with Crippen molar-refractivity contribution in [2.75, 3.05) is 13.7 Å². The topological polar surface area (TPSA) is 55.4 Å². The Morgan fingerprint density at radius 2 is 1.76 bits per heavy atom. The van der Waals surface area contributed by atoms with E-state index in [1.54, 1.807) is 7.11 Å². The summed E-state index contributed by atoms with van der Waals surface area (Å²) in [5.41, 5.74) is 1.84. The molecular weight excluding hydrogens is 431 g/mol. The van der Waals surface area contributed by atoms with Gasteiger partial charge in [0.1, 0.15) is 0 Å². The van der Waals surface area contributed by atoms with Gasteiger partial charge in [-0.15, -0.1) is 0 Å². The molecule has 4 rings (SSSR count). The molecule has 0 bridgehead atoms. The van der Waals surface area contributed by atoms with Crippen LogP contribution in [-0.2, 0) is 15.7 Å². The van der Waals surface area contributed by atoms with E-state index in [0.717, 1.165) is 43.5 Å². The number of rotatable bonds is 5. The molecule has 178 valence electrons. The fourth-order valence-electron chi connectivity index (χ4n) is 5.65. The monoisotopic (exact) mass is 461 g/mol. The first-order chi connectivity index (χ1) is 15.5. The van der Waals surface area contributed by atoms with Crippen LogP contribution in [0.4, 0.5) is 13.2 Å². The number of nitrogens with one attached hydrogen (secondary N) is 1. The van der Waals surface area contributed by atoms with E-state index in [1.165, 1.54) is 12.1 Å². The van der Waals surface area contributed by atoms with E-state index in [1.807, 2.05) is 0 Å². The normalized spacial score (nSPS) is 23.6. The molecular formula is C26H30F3NO3. The number of ether oxygens (including phenoxy) is 1. The van der Waals surface area contributed by atoms with Gasteiger partial charge in [-0.05, 0) is 42.7 Å². The third-order valence-corrected chi connectivity index (χ3v) is 7.05. The molecule has 1 N–H and O–H groups in total. The van der Waals surface area contributed by atoms with E-state index in [-0.39, 0.29) is 41.0 Å². The number of allylic oxidation sites excluding steroid dienone is 3. The molecule has 1 aliphatic heterocycles. The van der Waals surface area contributed by atoms with Gasteiger partial charge >= 0.3 is 6.18 Å². The van der Waals surface area contributed by atoms with Gasteiger partial charge in [0, 0.05) is 47.6 Å². The number of dihydropyridines is 1. The maximum absolute atomic E-state index is 13.8. The van der Waals surface area contributed by atoms with Crippen LogP contribution in [0.3, 0.4) is 0 Å². The lowest BCUT2D eigenvalue weighted by atomic mass is 9.66. The minimum absolute atomic E-state index is 0.0554. The summed E-state index contributed by atoms with van der Waals surface area (Å²) in [6, 6.07) is 4.32. The van der Waals surface area contributed by atoms with Crippen LogP contribution >= 0.6 is 0 Å². The average molecular weight is 462 g/mol. The van der Waals surface area contributed by atoms with Crippen molar-refractivity contribution in [1.82, 2.24) is 5.32 Å². The first-order valence-electron chi connectivity index (χ1n) is 11.5. The van der Waals surface area contributed by atoms with Crippen LogP contribution < -0.4 is 5.32 Å². The third-order valence-electron chi connectivity index (χ3n) is 7.05. The first kappa shape index (κ1) is 23.7. The number of benzene rings is 1. The summed E-state index contributed by atoms with van der Waals surface area (Å²) in [5.74, 6) is -0.487.